The molecule has 0 aliphatic heterocycles. The molecule has 0 amide bonds. The first kappa shape index (κ1) is 19.3. The molecule has 1 atom stereocenters. The number of rotatable bonds is 7. The number of benzene rings is 2. The van der Waals surface area contributed by atoms with Gasteiger partial charge in [0, 0.05) is 5.56 Å². The summed E-state index contributed by atoms with van der Waals surface area (Å²) >= 11 is 0. The minimum absolute atomic E-state index is 0.147. The van der Waals surface area contributed by atoms with Gasteiger partial charge in [-0.15, -0.1) is 0 Å². The number of aryl methyl sites for hydroxylation is 1. The molecule has 6 nitrogen and oxygen atoms in total. The molecule has 0 spiro atoms. The summed E-state index contributed by atoms with van der Waals surface area (Å²) in [5, 5.41) is 0. The Kier molecular flexibility index (Phi) is 6.22. The monoisotopic (exact) mass is 358 g/mol. The molecule has 0 fully saturated rings. The number of Topliss-reactive ketones (excluding diaryl/α,β-unsaturated/α-hetero) is 1. The third-order valence-corrected chi connectivity index (χ3v) is 3.91. The topological polar surface area (TPSA) is 71.1 Å². The highest BCUT2D eigenvalue weighted by molar-refractivity contribution is 6.02. The van der Waals surface area contributed by atoms with Gasteiger partial charge in [-0.25, -0.2) is 4.79 Å². The minimum atomic E-state index is -0.942. The quantitative estimate of drug-likeness (QED) is 0.558. The van der Waals surface area contributed by atoms with Crippen LogP contribution in [0.1, 0.15) is 33.2 Å². The highest BCUT2D eigenvalue weighted by atomic mass is 16.6. The van der Waals surface area contributed by atoms with E-state index in [2.05, 4.69) is 0 Å². The lowest BCUT2D eigenvalue weighted by Crippen LogP contribution is -2.24. The largest absolute Gasteiger partial charge is 0.493 e. The van der Waals surface area contributed by atoms with Crippen LogP contribution in [0.4, 0.5) is 0 Å². The number of carbonyl (C=O) groups is 2. The lowest BCUT2D eigenvalue weighted by molar-refractivity contribution is 0.0315. The molecule has 0 radical (unpaired) electrons. The molecule has 0 unspecified atom stereocenters. The first-order valence-corrected chi connectivity index (χ1v) is 8.03. The van der Waals surface area contributed by atoms with Crippen LogP contribution in [0.25, 0.3) is 0 Å². The Bertz CT molecular complexity index is 795. The van der Waals surface area contributed by atoms with Crippen LogP contribution >= 0.6 is 0 Å². The van der Waals surface area contributed by atoms with Gasteiger partial charge in [-0.1, -0.05) is 29.8 Å². The van der Waals surface area contributed by atoms with Crippen LogP contribution in [0.15, 0.2) is 36.4 Å². The maximum absolute atomic E-state index is 12.5. The molecule has 0 bridgehead atoms. The van der Waals surface area contributed by atoms with Crippen LogP contribution in [0, 0.1) is 6.92 Å². The van der Waals surface area contributed by atoms with Gasteiger partial charge in [0.2, 0.25) is 11.5 Å². The fraction of sp³-hybridized carbons (Fsp3) is 0.300. The van der Waals surface area contributed by atoms with E-state index in [1.807, 2.05) is 19.1 Å². The lowest BCUT2D eigenvalue weighted by Gasteiger charge is -2.17. The Balaban J connectivity index is 2.23. The smallest absolute Gasteiger partial charge is 0.342 e. The maximum Gasteiger partial charge on any atom is 0.342 e. The van der Waals surface area contributed by atoms with E-state index in [1.54, 1.807) is 18.2 Å². The Morgan fingerprint density at radius 1 is 0.846 bits per heavy atom. The average Bonchev–Trinajstić information content (AvgIpc) is 2.66. The SMILES string of the molecule is COc1ccc(C(=O)O[C@H](C)C(=O)c2ccc(C)cc2)c(OC)c1OC. The van der Waals surface area contributed by atoms with Gasteiger partial charge in [0.05, 0.1) is 21.3 Å². The van der Waals surface area contributed by atoms with Crippen LogP contribution in [-0.4, -0.2) is 39.2 Å². The van der Waals surface area contributed by atoms with E-state index >= 15 is 0 Å². The minimum Gasteiger partial charge on any atom is -0.493 e. The molecule has 6 heteroatoms. The van der Waals surface area contributed by atoms with E-state index < -0.39 is 12.1 Å². The number of ether oxygens (including phenoxy) is 4. The van der Waals surface area contributed by atoms with E-state index in [9.17, 15) is 9.59 Å². The van der Waals surface area contributed by atoms with Crippen LogP contribution in [0.2, 0.25) is 0 Å². The van der Waals surface area contributed by atoms with E-state index in [1.165, 1.54) is 34.3 Å². The van der Waals surface area contributed by atoms with Crippen molar-refractivity contribution in [2.45, 2.75) is 20.0 Å². The van der Waals surface area contributed by atoms with Crippen molar-refractivity contribution in [1.29, 1.82) is 0 Å². The van der Waals surface area contributed by atoms with Gasteiger partial charge in [0.15, 0.2) is 17.6 Å². The zero-order valence-electron chi connectivity index (χ0n) is 15.5. The van der Waals surface area contributed by atoms with Crippen LogP contribution in [-0.2, 0) is 4.74 Å². The van der Waals surface area contributed by atoms with Gasteiger partial charge in [0.1, 0.15) is 5.56 Å². The molecule has 0 saturated carbocycles. The molecule has 0 aliphatic rings. The maximum atomic E-state index is 12.5. The van der Waals surface area contributed by atoms with Crippen molar-refractivity contribution >= 4 is 11.8 Å². The predicted octanol–water partition coefficient (Wildman–Crippen LogP) is 3.45. The van der Waals surface area contributed by atoms with Gasteiger partial charge in [-0.05, 0) is 26.0 Å². The van der Waals surface area contributed by atoms with Crippen molar-refractivity contribution in [3.8, 4) is 17.2 Å². The number of carbonyl (C=O) groups excluding carboxylic acids is 2. The van der Waals surface area contributed by atoms with Crippen LogP contribution < -0.4 is 14.2 Å². The first-order valence-electron chi connectivity index (χ1n) is 8.03. The third-order valence-electron chi connectivity index (χ3n) is 3.91. The molecule has 2 aromatic carbocycles. The second-order valence-corrected chi connectivity index (χ2v) is 5.66. The number of hydrogen-bond acceptors (Lipinski definition) is 6. The lowest BCUT2D eigenvalue weighted by atomic mass is 10.1. The number of esters is 1. The normalized spacial score (nSPS) is 11.4. The zero-order valence-corrected chi connectivity index (χ0v) is 15.5. The Hall–Kier alpha value is -3.02. The van der Waals surface area contributed by atoms with Crippen LogP contribution in [0.3, 0.4) is 0 Å². The summed E-state index contributed by atoms with van der Waals surface area (Å²) in [4.78, 5) is 25.0. The molecule has 26 heavy (non-hydrogen) atoms. The van der Waals surface area contributed by atoms with E-state index in [0.29, 0.717) is 11.3 Å². The summed E-state index contributed by atoms with van der Waals surface area (Å²) < 4.78 is 21.1. The summed E-state index contributed by atoms with van der Waals surface area (Å²) in [6.07, 6.45) is -0.942. The second kappa shape index (κ2) is 8.38. The molecule has 2 rings (SSSR count). The molecule has 0 heterocycles. The summed E-state index contributed by atoms with van der Waals surface area (Å²) in [6.45, 7) is 3.47. The van der Waals surface area contributed by atoms with E-state index in [-0.39, 0.29) is 22.8 Å². The molecular formula is C20H22O6. The van der Waals surface area contributed by atoms with Crippen molar-refractivity contribution < 1.29 is 28.5 Å². The standard InChI is InChI=1S/C20H22O6/c1-12-6-8-14(9-7-12)17(21)13(2)26-20(22)15-10-11-16(23-3)19(25-5)18(15)24-4/h6-11,13H,1-5H3/t13-/m1/s1. The summed E-state index contributed by atoms with van der Waals surface area (Å²) in [7, 11) is 4.34. The highest BCUT2D eigenvalue weighted by Crippen LogP contribution is 2.40. The fourth-order valence-electron chi connectivity index (χ4n) is 2.49. The molecular weight excluding hydrogens is 336 g/mol. The Labute approximate surface area is 152 Å². The molecule has 0 saturated heterocycles. The Morgan fingerprint density at radius 3 is 2.00 bits per heavy atom. The second-order valence-electron chi connectivity index (χ2n) is 5.66. The summed E-state index contributed by atoms with van der Waals surface area (Å²) in [5.74, 6) is -0.0768. The molecule has 0 aliphatic carbocycles. The molecule has 0 N–H and O–H groups in total. The van der Waals surface area contributed by atoms with Crippen molar-refractivity contribution in [2.24, 2.45) is 0 Å². The average molecular weight is 358 g/mol. The van der Waals surface area contributed by atoms with Gasteiger partial charge >= 0.3 is 5.97 Å². The predicted molar refractivity (Wildman–Crippen MR) is 96.5 cm³/mol. The molecule has 2 aromatic rings. The number of hydrogen-bond donors (Lipinski definition) is 0. The van der Waals surface area contributed by atoms with Crippen molar-refractivity contribution in [3.05, 3.63) is 53.1 Å². The number of methoxy groups -OCH3 is 3. The summed E-state index contributed by atoms with van der Waals surface area (Å²) in [6, 6.07) is 10.2. The van der Waals surface area contributed by atoms with Crippen molar-refractivity contribution in [1.82, 2.24) is 0 Å². The Morgan fingerprint density at radius 2 is 1.46 bits per heavy atom. The molecule has 0 aromatic heterocycles. The van der Waals surface area contributed by atoms with Gasteiger partial charge in [-0.2, -0.15) is 0 Å². The van der Waals surface area contributed by atoms with Crippen molar-refractivity contribution in [2.75, 3.05) is 21.3 Å². The van der Waals surface area contributed by atoms with Gasteiger partial charge in [-0.3, -0.25) is 4.79 Å². The molecule has 138 valence electrons. The zero-order chi connectivity index (χ0) is 19.3. The van der Waals surface area contributed by atoms with Gasteiger partial charge < -0.3 is 18.9 Å². The van der Waals surface area contributed by atoms with Crippen molar-refractivity contribution in [3.63, 3.8) is 0 Å². The summed E-state index contributed by atoms with van der Waals surface area (Å²) in [5.41, 5.74) is 1.67. The highest BCUT2D eigenvalue weighted by Gasteiger charge is 2.25. The number of ketones is 1. The van der Waals surface area contributed by atoms with E-state index in [4.69, 9.17) is 18.9 Å². The van der Waals surface area contributed by atoms with E-state index in [0.717, 1.165) is 5.56 Å². The first-order chi connectivity index (χ1) is 12.4. The third kappa shape index (κ3) is 3.96. The van der Waals surface area contributed by atoms with Gasteiger partial charge in [0.25, 0.3) is 0 Å². The fourth-order valence-corrected chi connectivity index (χ4v) is 2.49. The van der Waals surface area contributed by atoms with Crippen LogP contribution in [0.5, 0.6) is 17.2 Å².